The van der Waals surface area contributed by atoms with Gasteiger partial charge in [0.25, 0.3) is 0 Å². The van der Waals surface area contributed by atoms with Gasteiger partial charge in [-0.15, -0.1) is 0 Å². The number of nitrogens with two attached hydrogens (primary N) is 1. The van der Waals surface area contributed by atoms with Crippen molar-refractivity contribution in [3.63, 3.8) is 0 Å². The first-order chi connectivity index (χ1) is 11.9. The molecule has 6 nitrogen and oxygen atoms in total. The van der Waals surface area contributed by atoms with Crippen molar-refractivity contribution >= 4 is 35.0 Å². The summed E-state index contributed by atoms with van der Waals surface area (Å²) in [5.41, 5.74) is 7.19. The van der Waals surface area contributed by atoms with Crippen LogP contribution in [0.4, 0.5) is 16.3 Å². The SMILES string of the molecule is CCc1c(Cl)ccnc1N1C[C@H](C)N(c2cccc(C(N)=O)c2)C1=O. The zero-order valence-corrected chi connectivity index (χ0v) is 14.8. The van der Waals surface area contributed by atoms with E-state index >= 15 is 0 Å². The topological polar surface area (TPSA) is 79.5 Å². The Kier molecular flexibility index (Phi) is 4.63. The summed E-state index contributed by atoms with van der Waals surface area (Å²) in [6, 6.07) is 8.21. The van der Waals surface area contributed by atoms with Crippen molar-refractivity contribution in [2.75, 3.05) is 16.3 Å². The summed E-state index contributed by atoms with van der Waals surface area (Å²) >= 11 is 6.26. The number of aromatic nitrogens is 1. The van der Waals surface area contributed by atoms with E-state index < -0.39 is 5.91 Å². The summed E-state index contributed by atoms with van der Waals surface area (Å²) in [5, 5.41) is 0.599. The number of urea groups is 1. The summed E-state index contributed by atoms with van der Waals surface area (Å²) in [5.74, 6) is 0.0585. The third kappa shape index (κ3) is 3.05. The normalized spacial score (nSPS) is 17.2. The fourth-order valence-corrected chi connectivity index (χ4v) is 3.39. The van der Waals surface area contributed by atoms with E-state index in [1.165, 1.54) is 0 Å². The second-order valence-electron chi connectivity index (χ2n) is 5.98. The molecule has 1 aromatic heterocycles. The van der Waals surface area contributed by atoms with Gasteiger partial charge < -0.3 is 5.73 Å². The highest BCUT2D eigenvalue weighted by molar-refractivity contribution is 6.31. The van der Waals surface area contributed by atoms with Gasteiger partial charge in [0.15, 0.2) is 0 Å². The van der Waals surface area contributed by atoms with Crippen LogP contribution in [-0.2, 0) is 6.42 Å². The maximum atomic E-state index is 13.0. The van der Waals surface area contributed by atoms with E-state index in [0.717, 1.165) is 5.56 Å². The van der Waals surface area contributed by atoms with Crippen LogP contribution in [0.3, 0.4) is 0 Å². The minimum Gasteiger partial charge on any atom is -0.366 e. The Hall–Kier alpha value is -2.60. The maximum Gasteiger partial charge on any atom is 0.330 e. The number of primary amides is 1. The first-order valence-electron chi connectivity index (χ1n) is 8.08. The molecule has 2 heterocycles. The highest BCUT2D eigenvalue weighted by Crippen LogP contribution is 2.32. The van der Waals surface area contributed by atoms with Gasteiger partial charge >= 0.3 is 6.03 Å². The number of halogens is 1. The first-order valence-corrected chi connectivity index (χ1v) is 8.45. The van der Waals surface area contributed by atoms with Gasteiger partial charge in [0.1, 0.15) is 5.82 Å². The van der Waals surface area contributed by atoms with E-state index in [1.807, 2.05) is 13.8 Å². The van der Waals surface area contributed by atoms with Gasteiger partial charge in [0.05, 0.1) is 6.04 Å². The molecule has 1 aliphatic heterocycles. The number of anilines is 2. The second-order valence-corrected chi connectivity index (χ2v) is 6.38. The number of amides is 3. The van der Waals surface area contributed by atoms with Gasteiger partial charge in [-0.2, -0.15) is 0 Å². The molecule has 1 saturated heterocycles. The van der Waals surface area contributed by atoms with Gasteiger partial charge in [0.2, 0.25) is 5.91 Å². The Labute approximate surface area is 151 Å². The molecule has 1 fully saturated rings. The van der Waals surface area contributed by atoms with Crippen molar-refractivity contribution in [1.82, 2.24) is 4.98 Å². The third-order valence-corrected chi connectivity index (χ3v) is 4.67. The molecule has 1 aromatic carbocycles. The Morgan fingerprint density at radius 2 is 2.16 bits per heavy atom. The fraction of sp³-hybridized carbons (Fsp3) is 0.278. The van der Waals surface area contributed by atoms with E-state index in [0.29, 0.717) is 35.1 Å². The predicted octanol–water partition coefficient (Wildman–Crippen LogP) is 3.23. The summed E-state index contributed by atoms with van der Waals surface area (Å²) in [7, 11) is 0. The Bertz CT molecular complexity index is 840. The zero-order valence-electron chi connectivity index (χ0n) is 14.1. The third-order valence-electron chi connectivity index (χ3n) is 4.32. The van der Waals surface area contributed by atoms with Crippen molar-refractivity contribution in [3.8, 4) is 0 Å². The number of benzene rings is 1. The Balaban J connectivity index is 1.99. The van der Waals surface area contributed by atoms with E-state index in [1.54, 1.807) is 46.3 Å². The van der Waals surface area contributed by atoms with E-state index in [-0.39, 0.29) is 12.1 Å². The molecule has 7 heteroatoms. The van der Waals surface area contributed by atoms with E-state index in [2.05, 4.69) is 4.98 Å². The van der Waals surface area contributed by atoms with Crippen LogP contribution in [0.1, 0.15) is 29.8 Å². The molecule has 130 valence electrons. The van der Waals surface area contributed by atoms with E-state index in [9.17, 15) is 9.59 Å². The molecule has 2 aromatic rings. The average Bonchev–Trinajstić information content (AvgIpc) is 2.89. The molecular formula is C18H19ClN4O2. The average molecular weight is 359 g/mol. The number of nitrogens with zero attached hydrogens (tertiary/aromatic N) is 3. The van der Waals surface area contributed by atoms with Gasteiger partial charge in [-0.05, 0) is 37.6 Å². The van der Waals surface area contributed by atoms with Crippen LogP contribution >= 0.6 is 11.6 Å². The van der Waals surface area contributed by atoms with Crippen LogP contribution in [0.2, 0.25) is 5.02 Å². The Morgan fingerprint density at radius 3 is 2.84 bits per heavy atom. The monoisotopic (exact) mass is 358 g/mol. The molecule has 0 radical (unpaired) electrons. The summed E-state index contributed by atoms with van der Waals surface area (Å²) in [6.07, 6.45) is 2.28. The number of carbonyl (C=O) groups excluding carboxylic acids is 2. The molecule has 1 aliphatic rings. The lowest BCUT2D eigenvalue weighted by Crippen LogP contribution is -2.34. The summed E-state index contributed by atoms with van der Waals surface area (Å²) in [6.45, 7) is 4.41. The molecule has 25 heavy (non-hydrogen) atoms. The molecule has 1 atom stereocenters. The van der Waals surface area contributed by atoms with Gasteiger partial charge in [-0.3, -0.25) is 14.6 Å². The molecule has 3 rings (SSSR count). The quantitative estimate of drug-likeness (QED) is 0.911. The number of rotatable bonds is 4. The van der Waals surface area contributed by atoms with Crippen LogP contribution in [0.5, 0.6) is 0 Å². The number of hydrogen-bond donors (Lipinski definition) is 1. The number of pyridine rings is 1. The van der Waals surface area contributed by atoms with Gasteiger partial charge in [-0.1, -0.05) is 24.6 Å². The Morgan fingerprint density at radius 1 is 1.40 bits per heavy atom. The number of hydrogen-bond acceptors (Lipinski definition) is 3. The van der Waals surface area contributed by atoms with Crippen molar-refractivity contribution in [1.29, 1.82) is 0 Å². The van der Waals surface area contributed by atoms with Crippen LogP contribution in [-0.4, -0.2) is 29.5 Å². The molecule has 0 unspecified atom stereocenters. The summed E-state index contributed by atoms with van der Waals surface area (Å²) in [4.78, 5) is 32.1. The molecule has 2 N–H and O–H groups in total. The molecular weight excluding hydrogens is 340 g/mol. The van der Waals surface area contributed by atoms with Gasteiger partial charge in [0, 0.05) is 34.6 Å². The highest BCUT2D eigenvalue weighted by Gasteiger charge is 2.38. The van der Waals surface area contributed by atoms with Crippen molar-refractivity contribution < 1.29 is 9.59 Å². The van der Waals surface area contributed by atoms with Crippen molar-refractivity contribution in [2.45, 2.75) is 26.3 Å². The second kappa shape index (κ2) is 6.72. The first kappa shape index (κ1) is 17.2. The minimum atomic E-state index is -0.525. The lowest BCUT2D eigenvalue weighted by molar-refractivity contribution is 0.1000. The number of carbonyl (C=O) groups is 2. The molecule has 0 aliphatic carbocycles. The lowest BCUT2D eigenvalue weighted by Gasteiger charge is -2.22. The van der Waals surface area contributed by atoms with Crippen LogP contribution in [0.25, 0.3) is 0 Å². The lowest BCUT2D eigenvalue weighted by atomic mass is 10.1. The predicted molar refractivity (Wildman–Crippen MR) is 98.3 cm³/mol. The molecule has 0 saturated carbocycles. The standard InChI is InChI=1S/C18H19ClN4O2/c1-3-14-15(19)7-8-21-17(14)22-10-11(2)23(18(22)25)13-6-4-5-12(9-13)16(20)24/h4-9,11H,3,10H2,1-2H3,(H2,20,24)/t11-/m0/s1. The smallest absolute Gasteiger partial charge is 0.330 e. The van der Waals surface area contributed by atoms with Gasteiger partial charge in [-0.25, -0.2) is 9.78 Å². The minimum absolute atomic E-state index is 0.0823. The van der Waals surface area contributed by atoms with Crippen LogP contribution in [0, 0.1) is 0 Å². The summed E-state index contributed by atoms with van der Waals surface area (Å²) < 4.78 is 0. The van der Waals surface area contributed by atoms with Crippen molar-refractivity contribution in [2.24, 2.45) is 5.73 Å². The van der Waals surface area contributed by atoms with E-state index in [4.69, 9.17) is 17.3 Å². The van der Waals surface area contributed by atoms with Crippen LogP contribution < -0.4 is 15.5 Å². The maximum absolute atomic E-state index is 13.0. The van der Waals surface area contributed by atoms with Crippen molar-refractivity contribution in [3.05, 3.63) is 52.7 Å². The molecule has 0 spiro atoms. The van der Waals surface area contributed by atoms with Crippen LogP contribution in [0.15, 0.2) is 36.5 Å². The largest absolute Gasteiger partial charge is 0.366 e. The zero-order chi connectivity index (χ0) is 18.1. The molecule has 3 amide bonds. The highest BCUT2D eigenvalue weighted by atomic mass is 35.5. The molecule has 0 bridgehead atoms. The fourth-order valence-electron chi connectivity index (χ4n) is 3.11.